The van der Waals surface area contributed by atoms with Crippen LogP contribution in [0.1, 0.15) is 30.9 Å². The van der Waals surface area contributed by atoms with Crippen molar-refractivity contribution in [3.8, 4) is 12.3 Å². The fraction of sp³-hybridized carbons (Fsp3) is 0.273. The molecular formula is C22H20N4O2S. The second kappa shape index (κ2) is 8.02. The van der Waals surface area contributed by atoms with Crippen molar-refractivity contribution >= 4 is 27.5 Å². The van der Waals surface area contributed by atoms with E-state index in [0.29, 0.717) is 31.2 Å². The SMILES string of the molecule is C#CCCC1(CCNC(=O)C(c2ccccc2)n2sc3ccccc3c2=O)N=N1. The van der Waals surface area contributed by atoms with Crippen molar-refractivity contribution in [2.45, 2.75) is 31.0 Å². The molecule has 1 aromatic heterocycles. The van der Waals surface area contributed by atoms with Crippen LogP contribution in [0.5, 0.6) is 0 Å². The van der Waals surface area contributed by atoms with Gasteiger partial charge in [0.2, 0.25) is 5.91 Å². The molecule has 146 valence electrons. The minimum absolute atomic E-state index is 0.160. The molecule has 1 aliphatic rings. The Kier molecular flexibility index (Phi) is 5.28. The second-order valence-electron chi connectivity index (χ2n) is 6.96. The molecule has 1 atom stereocenters. The number of hydrogen-bond acceptors (Lipinski definition) is 5. The highest BCUT2D eigenvalue weighted by atomic mass is 32.1. The van der Waals surface area contributed by atoms with Crippen molar-refractivity contribution in [1.29, 1.82) is 0 Å². The smallest absolute Gasteiger partial charge is 0.269 e. The summed E-state index contributed by atoms with van der Waals surface area (Å²) in [4.78, 5) is 26.1. The molecule has 2 heterocycles. The summed E-state index contributed by atoms with van der Waals surface area (Å²) in [6.07, 6.45) is 7.21. The number of carbonyl (C=O) groups is 1. The first kappa shape index (κ1) is 19.1. The third-order valence-corrected chi connectivity index (χ3v) is 6.12. The Balaban J connectivity index is 1.56. The van der Waals surface area contributed by atoms with Crippen LogP contribution < -0.4 is 10.9 Å². The summed E-state index contributed by atoms with van der Waals surface area (Å²) in [6.45, 7) is 0.416. The van der Waals surface area contributed by atoms with Crippen LogP contribution in [0.25, 0.3) is 10.1 Å². The average molecular weight is 404 g/mol. The lowest BCUT2D eigenvalue weighted by atomic mass is 10.0. The molecule has 29 heavy (non-hydrogen) atoms. The van der Waals surface area contributed by atoms with Crippen LogP contribution in [-0.4, -0.2) is 22.1 Å². The van der Waals surface area contributed by atoms with Crippen LogP contribution in [0.3, 0.4) is 0 Å². The molecule has 1 N–H and O–H groups in total. The molecular weight excluding hydrogens is 384 g/mol. The van der Waals surface area contributed by atoms with E-state index < -0.39 is 11.7 Å². The summed E-state index contributed by atoms with van der Waals surface area (Å²) in [5.74, 6) is 2.37. The maximum Gasteiger partial charge on any atom is 0.269 e. The lowest BCUT2D eigenvalue weighted by Gasteiger charge is -2.18. The Hall–Kier alpha value is -3.24. The van der Waals surface area contributed by atoms with Crippen molar-refractivity contribution < 1.29 is 4.79 Å². The molecule has 3 aromatic rings. The van der Waals surface area contributed by atoms with Gasteiger partial charge in [-0.15, -0.1) is 12.3 Å². The van der Waals surface area contributed by atoms with E-state index in [-0.39, 0.29) is 11.5 Å². The molecule has 0 radical (unpaired) electrons. The Morgan fingerprint density at radius 2 is 1.86 bits per heavy atom. The zero-order chi connectivity index (χ0) is 20.3. The minimum Gasteiger partial charge on any atom is -0.354 e. The molecule has 1 amide bonds. The van der Waals surface area contributed by atoms with E-state index in [1.165, 1.54) is 11.5 Å². The minimum atomic E-state index is -0.726. The van der Waals surface area contributed by atoms with E-state index in [0.717, 1.165) is 10.3 Å². The largest absolute Gasteiger partial charge is 0.354 e. The number of carbonyl (C=O) groups excluding carboxylic acids is 1. The maximum absolute atomic E-state index is 13.1. The van der Waals surface area contributed by atoms with Crippen LogP contribution in [0.4, 0.5) is 0 Å². The zero-order valence-electron chi connectivity index (χ0n) is 15.7. The Morgan fingerprint density at radius 1 is 1.14 bits per heavy atom. The van der Waals surface area contributed by atoms with E-state index in [1.807, 2.05) is 48.5 Å². The number of aromatic nitrogens is 1. The van der Waals surface area contributed by atoms with Gasteiger partial charge in [0.1, 0.15) is 0 Å². The standard InChI is InChI=1S/C22H20N4O2S/c1-2-3-13-22(24-25-22)14-15-23-20(27)19(16-9-5-4-6-10-16)26-21(28)17-11-7-8-12-18(17)29-26/h1,4-12,19H,3,13-15H2,(H,23,27). The van der Waals surface area contributed by atoms with Gasteiger partial charge in [-0.05, 0) is 17.7 Å². The van der Waals surface area contributed by atoms with Gasteiger partial charge in [-0.25, -0.2) is 3.96 Å². The van der Waals surface area contributed by atoms with Gasteiger partial charge in [-0.1, -0.05) is 54.0 Å². The first-order chi connectivity index (χ1) is 14.1. The van der Waals surface area contributed by atoms with Crippen LogP contribution in [0.15, 0.2) is 69.6 Å². The van der Waals surface area contributed by atoms with Crippen LogP contribution in [0, 0.1) is 12.3 Å². The van der Waals surface area contributed by atoms with Crippen molar-refractivity contribution in [3.05, 3.63) is 70.5 Å². The summed E-state index contributed by atoms with van der Waals surface area (Å²) >= 11 is 1.30. The summed E-state index contributed by atoms with van der Waals surface area (Å²) < 4.78 is 2.41. The highest BCUT2D eigenvalue weighted by Crippen LogP contribution is 2.36. The number of rotatable bonds is 8. The molecule has 0 aliphatic carbocycles. The maximum atomic E-state index is 13.1. The molecule has 1 unspecified atom stereocenters. The summed E-state index contributed by atoms with van der Waals surface area (Å²) in [7, 11) is 0. The van der Waals surface area contributed by atoms with Gasteiger partial charge >= 0.3 is 0 Å². The topological polar surface area (TPSA) is 75.8 Å². The lowest BCUT2D eigenvalue weighted by molar-refractivity contribution is -0.123. The van der Waals surface area contributed by atoms with E-state index in [9.17, 15) is 9.59 Å². The number of hydrogen-bond donors (Lipinski definition) is 1. The van der Waals surface area contributed by atoms with Gasteiger partial charge in [0.25, 0.3) is 5.56 Å². The normalized spacial score (nSPS) is 15.0. The van der Waals surface area contributed by atoms with Gasteiger partial charge in [-0.3, -0.25) is 9.59 Å². The molecule has 0 saturated carbocycles. The number of nitrogens with zero attached hydrogens (tertiary/aromatic N) is 3. The van der Waals surface area contributed by atoms with Crippen molar-refractivity contribution in [2.75, 3.05) is 6.54 Å². The molecule has 2 aromatic carbocycles. The van der Waals surface area contributed by atoms with E-state index in [4.69, 9.17) is 6.42 Å². The van der Waals surface area contributed by atoms with Gasteiger partial charge in [0, 0.05) is 25.8 Å². The Morgan fingerprint density at radius 3 is 2.55 bits per heavy atom. The third kappa shape index (κ3) is 3.98. The fourth-order valence-electron chi connectivity index (χ4n) is 3.34. The third-order valence-electron chi connectivity index (χ3n) is 4.99. The van der Waals surface area contributed by atoms with Crippen molar-refractivity contribution in [3.63, 3.8) is 0 Å². The number of benzene rings is 2. The fourth-order valence-corrected chi connectivity index (χ4v) is 4.45. The Labute approximate surface area is 172 Å². The molecule has 0 spiro atoms. The number of nitrogens with one attached hydrogen (secondary N) is 1. The number of amides is 1. The molecule has 0 saturated heterocycles. The Bertz CT molecular complexity index is 1150. The van der Waals surface area contributed by atoms with Gasteiger partial charge in [-0.2, -0.15) is 10.2 Å². The van der Waals surface area contributed by atoms with Gasteiger partial charge in [0.05, 0.1) is 10.1 Å². The zero-order valence-corrected chi connectivity index (χ0v) is 16.6. The second-order valence-corrected chi connectivity index (χ2v) is 7.98. The molecule has 0 fully saturated rings. The number of terminal acetylenes is 1. The predicted molar refractivity (Wildman–Crippen MR) is 114 cm³/mol. The lowest BCUT2D eigenvalue weighted by Crippen LogP contribution is -2.37. The number of fused-ring (bicyclic) bond motifs is 1. The molecule has 1 aliphatic heterocycles. The van der Waals surface area contributed by atoms with Gasteiger partial charge in [0.15, 0.2) is 11.7 Å². The van der Waals surface area contributed by atoms with Crippen LogP contribution >= 0.6 is 11.5 Å². The molecule has 4 rings (SSSR count). The molecule has 6 nitrogen and oxygen atoms in total. The predicted octanol–water partition coefficient (Wildman–Crippen LogP) is 3.73. The van der Waals surface area contributed by atoms with E-state index >= 15 is 0 Å². The first-order valence-electron chi connectivity index (χ1n) is 9.44. The monoisotopic (exact) mass is 404 g/mol. The van der Waals surface area contributed by atoms with Crippen molar-refractivity contribution in [2.24, 2.45) is 10.2 Å². The quantitative estimate of drug-likeness (QED) is 0.581. The van der Waals surface area contributed by atoms with E-state index in [1.54, 1.807) is 10.0 Å². The highest BCUT2D eigenvalue weighted by Gasteiger charge is 2.39. The van der Waals surface area contributed by atoms with E-state index in [2.05, 4.69) is 21.5 Å². The first-order valence-corrected chi connectivity index (χ1v) is 10.2. The molecule has 0 bridgehead atoms. The summed E-state index contributed by atoms with van der Waals surface area (Å²) in [5, 5.41) is 11.8. The highest BCUT2D eigenvalue weighted by molar-refractivity contribution is 7.14. The molecule has 7 heteroatoms. The van der Waals surface area contributed by atoms with Crippen LogP contribution in [-0.2, 0) is 4.79 Å². The summed E-state index contributed by atoms with van der Waals surface area (Å²) in [5.41, 5.74) is 0.157. The van der Waals surface area contributed by atoms with Gasteiger partial charge < -0.3 is 5.32 Å². The van der Waals surface area contributed by atoms with Crippen molar-refractivity contribution in [1.82, 2.24) is 9.27 Å². The summed E-state index contributed by atoms with van der Waals surface area (Å²) in [6, 6.07) is 16.0. The average Bonchev–Trinajstić information content (AvgIpc) is 3.45. The van der Waals surface area contributed by atoms with Crippen LogP contribution in [0.2, 0.25) is 0 Å².